The smallest absolute Gasteiger partial charge is 0.379 e. The molecule has 0 saturated heterocycles. The quantitative estimate of drug-likeness (QED) is 0.512. The van der Waals surface area contributed by atoms with Gasteiger partial charge in [0.05, 0.1) is 6.54 Å². The van der Waals surface area contributed by atoms with Crippen molar-refractivity contribution in [1.29, 1.82) is 0 Å². The van der Waals surface area contributed by atoms with E-state index in [1.54, 1.807) is 0 Å². The third kappa shape index (κ3) is 3.34. The average Bonchev–Trinajstić information content (AvgIpc) is 3.48. The number of nitrogen functional groups attached to an aromatic ring is 1. The summed E-state index contributed by atoms with van der Waals surface area (Å²) in [4.78, 5) is 27.7. The molecule has 0 unspecified atom stereocenters. The third-order valence-electron chi connectivity index (χ3n) is 4.89. The summed E-state index contributed by atoms with van der Waals surface area (Å²) < 4.78 is 58.1. The molecule has 7 nitrogen and oxygen atoms in total. The van der Waals surface area contributed by atoms with Crippen LogP contribution in [0.3, 0.4) is 0 Å². The van der Waals surface area contributed by atoms with E-state index in [-0.39, 0.29) is 29.5 Å². The molecule has 2 amide bonds. The van der Waals surface area contributed by atoms with Crippen molar-refractivity contribution in [2.45, 2.75) is 31.1 Å². The number of rotatable bonds is 2. The highest BCUT2D eigenvalue weighted by atomic mass is 19.4. The molecule has 11 heteroatoms. The summed E-state index contributed by atoms with van der Waals surface area (Å²) in [5, 5.41) is 4.09. The number of benzene rings is 1. The molecule has 1 aromatic carbocycles. The van der Waals surface area contributed by atoms with Crippen LogP contribution >= 0.6 is 0 Å². The molecule has 1 aromatic heterocycles. The van der Waals surface area contributed by atoms with Gasteiger partial charge in [-0.05, 0) is 25.0 Å². The van der Waals surface area contributed by atoms with Crippen molar-refractivity contribution in [3.05, 3.63) is 51.8 Å². The van der Waals surface area contributed by atoms with Crippen molar-refractivity contribution in [2.24, 2.45) is 5.92 Å². The summed E-state index contributed by atoms with van der Waals surface area (Å²) in [5.41, 5.74) is 0.817. The second-order valence-corrected chi connectivity index (χ2v) is 7.11. The van der Waals surface area contributed by atoms with Crippen molar-refractivity contribution >= 4 is 17.5 Å². The molecule has 0 spiro atoms. The van der Waals surface area contributed by atoms with Gasteiger partial charge in [-0.1, -0.05) is 11.8 Å². The van der Waals surface area contributed by atoms with Crippen LogP contribution in [0.15, 0.2) is 29.3 Å². The Balaban J connectivity index is 1.84. The summed E-state index contributed by atoms with van der Waals surface area (Å²) in [6, 6.07) is 0.626. The SMILES string of the molecule is Nc1nccn(Cc2cc3c(cc2F)[C@@](C#CC2CC2)(C(F)(F)F)NC(=O)N3)c1=O. The van der Waals surface area contributed by atoms with Crippen LogP contribution in [0.1, 0.15) is 24.0 Å². The number of fused-ring (bicyclic) bond motifs is 1. The number of hydrogen-bond donors (Lipinski definition) is 3. The number of aromatic nitrogens is 2. The van der Waals surface area contributed by atoms with E-state index in [2.05, 4.69) is 22.1 Å². The Morgan fingerprint density at radius 3 is 2.70 bits per heavy atom. The number of nitrogens with one attached hydrogen (secondary N) is 2. The summed E-state index contributed by atoms with van der Waals surface area (Å²) >= 11 is 0. The van der Waals surface area contributed by atoms with Crippen LogP contribution < -0.4 is 21.9 Å². The first-order valence-corrected chi connectivity index (χ1v) is 8.93. The molecule has 4 rings (SSSR count). The van der Waals surface area contributed by atoms with Gasteiger partial charge < -0.3 is 20.9 Å². The molecule has 0 bridgehead atoms. The minimum absolute atomic E-state index is 0.116. The summed E-state index contributed by atoms with van der Waals surface area (Å²) in [7, 11) is 0. The fourth-order valence-corrected chi connectivity index (χ4v) is 3.15. The second-order valence-electron chi connectivity index (χ2n) is 7.11. The predicted octanol–water partition coefficient (Wildman–Crippen LogP) is 2.32. The van der Waals surface area contributed by atoms with Gasteiger partial charge in [0.25, 0.3) is 5.56 Å². The third-order valence-corrected chi connectivity index (χ3v) is 4.89. The Kier molecular flexibility index (Phi) is 4.45. The largest absolute Gasteiger partial charge is 0.427 e. The summed E-state index contributed by atoms with van der Waals surface area (Å²) in [6.45, 7) is -0.319. The predicted molar refractivity (Wildman–Crippen MR) is 98.8 cm³/mol. The van der Waals surface area contributed by atoms with Crippen LogP contribution in [0.5, 0.6) is 0 Å². The lowest BCUT2D eigenvalue weighted by Gasteiger charge is -2.37. The highest BCUT2D eigenvalue weighted by Gasteiger charge is 2.59. The van der Waals surface area contributed by atoms with E-state index in [9.17, 15) is 27.2 Å². The van der Waals surface area contributed by atoms with Gasteiger partial charge in [-0.25, -0.2) is 14.2 Å². The molecular weight excluding hydrogens is 406 g/mol. The van der Waals surface area contributed by atoms with Crippen LogP contribution in [0.4, 0.5) is 33.9 Å². The van der Waals surface area contributed by atoms with E-state index in [4.69, 9.17) is 5.73 Å². The fraction of sp³-hybridized carbons (Fsp3) is 0.316. The lowest BCUT2D eigenvalue weighted by molar-refractivity contribution is -0.178. The highest BCUT2D eigenvalue weighted by molar-refractivity contribution is 5.95. The lowest BCUT2D eigenvalue weighted by Crippen LogP contribution is -2.59. The molecule has 156 valence electrons. The molecule has 0 radical (unpaired) electrons. The van der Waals surface area contributed by atoms with Gasteiger partial charge in [0, 0.05) is 35.1 Å². The topological polar surface area (TPSA) is 102 Å². The Bertz CT molecular complexity index is 1160. The van der Waals surface area contributed by atoms with Gasteiger partial charge in [0.15, 0.2) is 5.82 Å². The molecule has 1 saturated carbocycles. The van der Waals surface area contributed by atoms with E-state index in [1.807, 2.05) is 5.32 Å². The first-order valence-electron chi connectivity index (χ1n) is 8.93. The molecule has 1 fully saturated rings. The van der Waals surface area contributed by atoms with Gasteiger partial charge in [0.2, 0.25) is 5.54 Å². The Morgan fingerprint density at radius 2 is 2.03 bits per heavy atom. The maximum absolute atomic E-state index is 14.8. The molecule has 2 heterocycles. The maximum atomic E-state index is 14.8. The number of hydrogen-bond acceptors (Lipinski definition) is 4. The molecule has 30 heavy (non-hydrogen) atoms. The Hall–Kier alpha value is -3.55. The van der Waals surface area contributed by atoms with Gasteiger partial charge in [0.1, 0.15) is 5.82 Å². The van der Waals surface area contributed by atoms with Crippen LogP contribution in [0.2, 0.25) is 0 Å². The van der Waals surface area contributed by atoms with Gasteiger partial charge in [-0.3, -0.25) is 4.79 Å². The Morgan fingerprint density at radius 1 is 1.30 bits per heavy atom. The van der Waals surface area contributed by atoms with Crippen LogP contribution in [-0.4, -0.2) is 21.8 Å². The normalized spacial score (nSPS) is 20.5. The zero-order chi connectivity index (χ0) is 21.7. The zero-order valence-corrected chi connectivity index (χ0v) is 15.3. The summed E-state index contributed by atoms with van der Waals surface area (Å²) in [5.74, 6) is 3.20. The number of urea groups is 1. The molecular formula is C19H15F4N5O2. The molecule has 1 atom stereocenters. The zero-order valence-electron chi connectivity index (χ0n) is 15.3. The lowest BCUT2D eigenvalue weighted by atomic mass is 9.85. The van der Waals surface area contributed by atoms with Crippen molar-refractivity contribution in [2.75, 3.05) is 11.1 Å². The van der Waals surface area contributed by atoms with Crippen molar-refractivity contribution in [3.63, 3.8) is 0 Å². The number of carbonyl (C=O) groups is 1. The van der Waals surface area contributed by atoms with Crippen LogP contribution in [0.25, 0.3) is 0 Å². The van der Waals surface area contributed by atoms with Gasteiger partial charge in [-0.15, -0.1) is 0 Å². The van der Waals surface area contributed by atoms with Gasteiger partial charge >= 0.3 is 12.2 Å². The number of alkyl halides is 3. The monoisotopic (exact) mass is 421 g/mol. The first kappa shape index (κ1) is 19.8. The maximum Gasteiger partial charge on any atom is 0.427 e. The number of anilines is 2. The second kappa shape index (κ2) is 6.76. The molecule has 1 aliphatic carbocycles. The molecule has 2 aromatic rings. The van der Waals surface area contributed by atoms with E-state index in [0.29, 0.717) is 18.9 Å². The number of carbonyl (C=O) groups excluding carboxylic acids is 1. The van der Waals surface area contributed by atoms with Gasteiger partial charge in [-0.2, -0.15) is 13.2 Å². The minimum atomic E-state index is -4.99. The number of nitrogens with two attached hydrogens (primary N) is 1. The molecule has 1 aliphatic heterocycles. The standard InChI is InChI=1S/C19H15F4N5O2/c20-13-8-12-14(7-11(13)9-28-6-5-25-15(24)16(28)29)26-17(30)27-18(12,19(21,22)23)4-3-10-1-2-10/h5-8,10H,1-2,9H2,(H2,24,25)(H2,26,27,30)/t18-/m0/s1. The number of halogens is 4. The molecule has 2 aliphatic rings. The highest BCUT2D eigenvalue weighted by Crippen LogP contribution is 2.45. The molecule has 4 N–H and O–H groups in total. The van der Waals surface area contributed by atoms with Crippen LogP contribution in [-0.2, 0) is 12.1 Å². The number of amides is 2. The Labute approximate surface area is 167 Å². The van der Waals surface area contributed by atoms with E-state index in [1.165, 1.54) is 12.4 Å². The van der Waals surface area contributed by atoms with Crippen molar-refractivity contribution in [3.8, 4) is 11.8 Å². The number of nitrogens with zero attached hydrogens (tertiary/aromatic N) is 2. The first-order chi connectivity index (χ1) is 14.1. The summed E-state index contributed by atoms with van der Waals surface area (Å²) in [6.07, 6.45) is -1.14. The van der Waals surface area contributed by atoms with Crippen molar-refractivity contribution < 1.29 is 22.4 Å². The van der Waals surface area contributed by atoms with Crippen molar-refractivity contribution in [1.82, 2.24) is 14.9 Å². The van der Waals surface area contributed by atoms with E-state index in [0.717, 1.165) is 10.6 Å². The van der Waals surface area contributed by atoms with E-state index >= 15 is 0 Å². The average molecular weight is 421 g/mol. The fourth-order valence-electron chi connectivity index (χ4n) is 3.15. The van der Waals surface area contributed by atoms with Crippen LogP contribution in [0, 0.1) is 23.6 Å². The van der Waals surface area contributed by atoms with E-state index < -0.39 is 34.7 Å². The minimum Gasteiger partial charge on any atom is -0.379 e.